The van der Waals surface area contributed by atoms with E-state index in [0.717, 1.165) is 35.5 Å². The lowest BCUT2D eigenvalue weighted by molar-refractivity contribution is -0.118. The molecule has 0 aliphatic rings. The lowest BCUT2D eigenvalue weighted by Gasteiger charge is -2.34. The number of benzene rings is 2. The molecule has 2 aromatic carbocycles. The Balaban J connectivity index is 2.34. The number of carbonyl (C=O) groups is 1. The minimum Gasteiger partial charge on any atom is -0.491 e. The number of carbonyl (C=O) groups excluding carboxylic acids is 1. The van der Waals surface area contributed by atoms with Gasteiger partial charge in [-0.2, -0.15) is 0 Å². The van der Waals surface area contributed by atoms with Gasteiger partial charge < -0.3 is 14.6 Å². The Morgan fingerprint density at radius 1 is 0.906 bits per heavy atom. The number of hydrogen-bond donors (Lipinski definition) is 1. The van der Waals surface area contributed by atoms with Crippen LogP contribution in [0, 0.1) is 19.3 Å². The van der Waals surface area contributed by atoms with E-state index in [-0.39, 0.29) is 29.8 Å². The van der Waals surface area contributed by atoms with E-state index >= 15 is 0 Å². The Kier molecular flexibility index (Phi) is 8.53. The van der Waals surface area contributed by atoms with Gasteiger partial charge in [0.05, 0.1) is 6.10 Å². The molecule has 0 aliphatic heterocycles. The van der Waals surface area contributed by atoms with Crippen LogP contribution in [0.4, 0.5) is 0 Å². The van der Waals surface area contributed by atoms with Gasteiger partial charge in [-0.15, -0.1) is 0 Å². The van der Waals surface area contributed by atoms with E-state index in [1.54, 1.807) is 0 Å². The van der Waals surface area contributed by atoms with Crippen molar-refractivity contribution in [2.45, 2.75) is 79.8 Å². The lowest BCUT2D eigenvalue weighted by Crippen LogP contribution is -2.32. The molecule has 0 spiro atoms. The lowest BCUT2D eigenvalue weighted by atomic mass is 9.70. The summed E-state index contributed by atoms with van der Waals surface area (Å²) < 4.78 is 11.6. The first-order chi connectivity index (χ1) is 14.9. The van der Waals surface area contributed by atoms with E-state index < -0.39 is 6.10 Å². The molecule has 0 unspecified atom stereocenters. The van der Waals surface area contributed by atoms with E-state index in [4.69, 9.17) is 9.47 Å². The van der Waals surface area contributed by atoms with Crippen LogP contribution in [0.15, 0.2) is 36.4 Å². The normalized spacial score (nSPS) is 13.0. The molecule has 0 fully saturated rings. The molecule has 0 aliphatic carbocycles. The minimum absolute atomic E-state index is 0.0118. The van der Waals surface area contributed by atoms with Crippen molar-refractivity contribution in [1.82, 2.24) is 0 Å². The fourth-order valence-corrected chi connectivity index (χ4v) is 4.05. The molecule has 0 heterocycles. The number of aliphatic hydroxyl groups excluding tert-OH is 1. The van der Waals surface area contributed by atoms with E-state index in [1.165, 1.54) is 18.1 Å². The molecule has 0 radical (unpaired) electrons. The maximum absolute atomic E-state index is 11.3. The average Bonchev–Trinajstić information content (AvgIpc) is 2.72. The third-order valence-electron chi connectivity index (χ3n) is 6.49. The highest BCUT2D eigenvalue weighted by Crippen LogP contribution is 2.41. The van der Waals surface area contributed by atoms with Crippen LogP contribution >= 0.6 is 0 Å². The maximum Gasteiger partial charge on any atom is 0.167 e. The molecule has 0 aromatic heterocycles. The number of ether oxygens (including phenoxy) is 2. The van der Waals surface area contributed by atoms with Gasteiger partial charge in [-0.1, -0.05) is 58.9 Å². The van der Waals surface area contributed by atoms with Crippen molar-refractivity contribution < 1.29 is 19.4 Å². The van der Waals surface area contributed by atoms with Crippen LogP contribution in [0.25, 0.3) is 0 Å². The van der Waals surface area contributed by atoms with Gasteiger partial charge in [0.15, 0.2) is 5.78 Å². The second-order valence-electron chi connectivity index (χ2n) is 9.93. The average molecular weight is 441 g/mol. The number of aliphatic hydroxyl groups is 1. The van der Waals surface area contributed by atoms with Crippen LogP contribution in [-0.4, -0.2) is 30.2 Å². The first kappa shape index (κ1) is 25.9. The quantitative estimate of drug-likeness (QED) is 0.480. The summed E-state index contributed by atoms with van der Waals surface area (Å²) in [5.41, 5.74) is 4.24. The van der Waals surface area contributed by atoms with Gasteiger partial charge in [-0.25, -0.2) is 0 Å². The third kappa shape index (κ3) is 5.92. The maximum atomic E-state index is 11.3. The first-order valence-corrected chi connectivity index (χ1v) is 11.6. The second-order valence-corrected chi connectivity index (χ2v) is 9.93. The van der Waals surface area contributed by atoms with Crippen LogP contribution < -0.4 is 9.47 Å². The van der Waals surface area contributed by atoms with Crippen molar-refractivity contribution in [3.8, 4) is 11.5 Å². The first-order valence-electron chi connectivity index (χ1n) is 11.6. The van der Waals surface area contributed by atoms with Gasteiger partial charge in [0, 0.05) is 5.41 Å². The van der Waals surface area contributed by atoms with Gasteiger partial charge >= 0.3 is 0 Å². The molecule has 4 nitrogen and oxygen atoms in total. The van der Waals surface area contributed by atoms with Gasteiger partial charge in [-0.05, 0) is 73.4 Å². The fourth-order valence-electron chi connectivity index (χ4n) is 4.05. The van der Waals surface area contributed by atoms with Crippen molar-refractivity contribution >= 4 is 5.78 Å². The summed E-state index contributed by atoms with van der Waals surface area (Å²) in [4.78, 5) is 11.3. The molecule has 0 saturated heterocycles. The van der Waals surface area contributed by atoms with Gasteiger partial charge in [0.2, 0.25) is 0 Å². The van der Waals surface area contributed by atoms with Crippen LogP contribution in [0.5, 0.6) is 11.5 Å². The van der Waals surface area contributed by atoms with Gasteiger partial charge in [-0.3, -0.25) is 4.79 Å². The van der Waals surface area contributed by atoms with Crippen molar-refractivity contribution in [3.05, 3.63) is 58.7 Å². The molecular weight excluding hydrogens is 400 g/mol. The van der Waals surface area contributed by atoms with E-state index in [0.29, 0.717) is 0 Å². The smallest absolute Gasteiger partial charge is 0.167 e. The van der Waals surface area contributed by atoms with Crippen molar-refractivity contribution in [3.63, 3.8) is 0 Å². The number of Topliss-reactive ketones (excluding diaryl/α,β-unsaturated/α-hetero) is 1. The van der Waals surface area contributed by atoms with Crippen LogP contribution in [0.3, 0.4) is 0 Å². The van der Waals surface area contributed by atoms with E-state index in [9.17, 15) is 9.90 Å². The molecule has 0 saturated carbocycles. The van der Waals surface area contributed by atoms with Gasteiger partial charge in [0.1, 0.15) is 24.7 Å². The molecule has 2 aromatic rings. The molecule has 32 heavy (non-hydrogen) atoms. The van der Waals surface area contributed by atoms with Crippen LogP contribution in [0.2, 0.25) is 0 Å². The van der Waals surface area contributed by atoms with Crippen LogP contribution in [-0.2, 0) is 10.2 Å². The summed E-state index contributed by atoms with van der Waals surface area (Å²) in [6, 6.07) is 12.7. The summed E-state index contributed by atoms with van der Waals surface area (Å²) in [7, 11) is 0. The van der Waals surface area contributed by atoms with E-state index in [2.05, 4.69) is 45.0 Å². The molecule has 2 rings (SSSR count). The number of aryl methyl sites for hydroxylation is 2. The van der Waals surface area contributed by atoms with Gasteiger partial charge in [0.25, 0.3) is 0 Å². The zero-order valence-corrected chi connectivity index (χ0v) is 21.0. The Labute approximate surface area is 194 Å². The predicted octanol–water partition coefficient (Wildman–Crippen LogP) is 6.16. The third-order valence-corrected chi connectivity index (χ3v) is 6.49. The molecule has 0 amide bonds. The zero-order chi connectivity index (χ0) is 24.1. The van der Waals surface area contributed by atoms with Crippen molar-refractivity contribution in [1.29, 1.82) is 0 Å². The minimum atomic E-state index is -0.529. The highest BCUT2D eigenvalue weighted by Gasteiger charge is 2.32. The SMILES string of the molecule is CCC(CC)(c1ccc(OCC(C)=O)c(C)c1)c1ccc(OC[C@H](O)C(C)(C)C)c(C)c1. The monoisotopic (exact) mass is 440 g/mol. The molecule has 1 atom stereocenters. The molecule has 4 heteroatoms. The zero-order valence-electron chi connectivity index (χ0n) is 21.0. The molecule has 0 bridgehead atoms. The Morgan fingerprint density at radius 3 is 1.75 bits per heavy atom. The summed E-state index contributed by atoms with van der Waals surface area (Å²) >= 11 is 0. The summed E-state index contributed by atoms with van der Waals surface area (Å²) in [5, 5.41) is 10.3. The summed E-state index contributed by atoms with van der Waals surface area (Å²) in [5.74, 6) is 1.57. The largest absolute Gasteiger partial charge is 0.491 e. The highest BCUT2D eigenvalue weighted by molar-refractivity contribution is 5.77. The summed E-state index contributed by atoms with van der Waals surface area (Å²) in [6.07, 6.45) is 1.39. The molecular formula is C28H40O4. The van der Waals surface area contributed by atoms with Crippen LogP contribution in [0.1, 0.15) is 76.6 Å². The fraction of sp³-hybridized carbons (Fsp3) is 0.536. The van der Waals surface area contributed by atoms with Crippen molar-refractivity contribution in [2.24, 2.45) is 5.41 Å². The Bertz CT molecular complexity index is 920. The highest BCUT2D eigenvalue weighted by atomic mass is 16.5. The second kappa shape index (κ2) is 10.5. The molecule has 176 valence electrons. The Hall–Kier alpha value is -2.33. The standard InChI is InChI=1S/C28H40O4/c1-9-28(10-2,22-11-13-24(19(3)15-22)31-17-21(5)29)23-12-14-25(20(4)16-23)32-18-26(30)27(6,7)8/h11-16,26,30H,9-10,17-18H2,1-8H3/t26-/m0/s1. The Morgan fingerprint density at radius 2 is 1.38 bits per heavy atom. The number of hydrogen-bond acceptors (Lipinski definition) is 4. The van der Waals surface area contributed by atoms with Crippen molar-refractivity contribution in [2.75, 3.05) is 13.2 Å². The number of ketones is 1. The van der Waals surface area contributed by atoms with E-state index in [1.807, 2.05) is 39.8 Å². The summed E-state index contributed by atoms with van der Waals surface area (Å²) in [6.45, 7) is 16.4. The number of rotatable bonds is 10. The molecule has 1 N–H and O–H groups in total. The topological polar surface area (TPSA) is 55.8 Å². The predicted molar refractivity (Wildman–Crippen MR) is 131 cm³/mol.